The van der Waals surface area contributed by atoms with Crippen molar-refractivity contribution in [3.63, 3.8) is 0 Å². The van der Waals surface area contributed by atoms with E-state index in [2.05, 4.69) is 22.8 Å². The van der Waals surface area contributed by atoms with Gasteiger partial charge >= 0.3 is 0 Å². The number of nitrogens with zero attached hydrogens (tertiary/aromatic N) is 1. The monoisotopic (exact) mass is 389 g/mol. The summed E-state index contributed by atoms with van der Waals surface area (Å²) in [7, 11) is 0. The summed E-state index contributed by atoms with van der Waals surface area (Å²) in [5, 5.41) is 7.53. The molecule has 29 heavy (non-hydrogen) atoms. The van der Waals surface area contributed by atoms with Gasteiger partial charge in [-0.15, -0.1) is 0 Å². The average Bonchev–Trinajstić information content (AvgIpc) is 3.01. The molecule has 2 atom stereocenters. The molecule has 2 aliphatic carbocycles. The topological polar surface area (TPSA) is 70.6 Å². The highest BCUT2D eigenvalue weighted by atomic mass is 16.2. The molecular formula is C24H27N3O2. The van der Waals surface area contributed by atoms with Crippen molar-refractivity contribution in [3.05, 3.63) is 66.2 Å². The summed E-state index contributed by atoms with van der Waals surface area (Å²) in [5.74, 6) is -0.338. The molecule has 2 N–H and O–H groups in total. The fraction of sp³-hybridized carbons (Fsp3) is 0.375. The number of hydrazone groups is 1. The lowest BCUT2D eigenvalue weighted by Gasteiger charge is -2.37. The van der Waals surface area contributed by atoms with Crippen molar-refractivity contribution in [1.82, 2.24) is 5.32 Å². The molecule has 2 aromatic rings. The van der Waals surface area contributed by atoms with E-state index in [4.69, 9.17) is 0 Å². The third-order valence-electron chi connectivity index (χ3n) is 7.33. The number of hydrogen-bond acceptors (Lipinski definition) is 4. The first-order chi connectivity index (χ1) is 13.8. The fourth-order valence-electron chi connectivity index (χ4n) is 5.03. The Morgan fingerprint density at radius 1 is 0.966 bits per heavy atom. The maximum atomic E-state index is 13.6. The van der Waals surface area contributed by atoms with Crippen LogP contribution in [0.5, 0.6) is 0 Å². The van der Waals surface area contributed by atoms with Crippen LogP contribution in [0.15, 0.2) is 65.8 Å². The lowest BCUT2D eigenvalue weighted by atomic mass is 9.64. The van der Waals surface area contributed by atoms with Crippen LogP contribution in [-0.2, 0) is 16.1 Å². The predicted molar refractivity (Wildman–Crippen MR) is 114 cm³/mol. The summed E-state index contributed by atoms with van der Waals surface area (Å²) in [6.07, 6.45) is 1.32. The lowest BCUT2D eigenvalue weighted by molar-refractivity contribution is -0.144. The summed E-state index contributed by atoms with van der Waals surface area (Å²) in [5.41, 5.74) is 3.28. The molecule has 2 aliphatic rings. The van der Waals surface area contributed by atoms with Gasteiger partial charge in [0, 0.05) is 12.0 Å². The molecule has 150 valence electrons. The van der Waals surface area contributed by atoms with Crippen molar-refractivity contribution in [2.24, 2.45) is 21.3 Å². The molecule has 2 fully saturated rings. The van der Waals surface area contributed by atoms with Crippen LogP contribution in [0.25, 0.3) is 0 Å². The molecular weight excluding hydrogens is 362 g/mol. The number of benzene rings is 2. The van der Waals surface area contributed by atoms with Crippen LogP contribution in [0, 0.1) is 16.2 Å². The largest absolute Gasteiger partial charge is 0.351 e. The summed E-state index contributed by atoms with van der Waals surface area (Å²) in [6, 6.07) is 19.3. The number of carbonyl (C=O) groups excluding carboxylic acids is 2. The molecule has 2 bridgehead atoms. The first-order valence-corrected chi connectivity index (χ1v) is 10.1. The molecule has 5 heteroatoms. The average molecular weight is 389 g/mol. The first-order valence-electron chi connectivity index (χ1n) is 10.1. The van der Waals surface area contributed by atoms with Gasteiger partial charge in [0.15, 0.2) is 5.78 Å². The van der Waals surface area contributed by atoms with Crippen molar-refractivity contribution in [2.45, 2.75) is 40.2 Å². The minimum absolute atomic E-state index is 0.148. The Bertz CT molecular complexity index is 968. The summed E-state index contributed by atoms with van der Waals surface area (Å²) in [4.78, 5) is 26.9. The second-order valence-corrected chi connectivity index (χ2v) is 8.80. The van der Waals surface area contributed by atoms with Crippen LogP contribution < -0.4 is 10.7 Å². The molecule has 4 rings (SSSR count). The normalized spacial score (nSPS) is 28.5. The van der Waals surface area contributed by atoms with Crippen molar-refractivity contribution in [1.29, 1.82) is 0 Å². The Morgan fingerprint density at radius 2 is 1.59 bits per heavy atom. The maximum Gasteiger partial charge on any atom is 0.234 e. The number of nitrogens with one attached hydrogen (secondary N) is 2. The van der Waals surface area contributed by atoms with E-state index in [1.807, 2.05) is 74.5 Å². The van der Waals surface area contributed by atoms with Crippen LogP contribution in [0.3, 0.4) is 0 Å². The number of carbonyl (C=O) groups is 2. The molecule has 0 aliphatic heterocycles. The highest BCUT2D eigenvalue weighted by Gasteiger charge is 2.76. The molecule has 0 aromatic heterocycles. The van der Waals surface area contributed by atoms with Crippen molar-refractivity contribution >= 4 is 23.1 Å². The van der Waals surface area contributed by atoms with Crippen molar-refractivity contribution < 1.29 is 9.59 Å². The van der Waals surface area contributed by atoms with Gasteiger partial charge in [-0.3, -0.25) is 15.0 Å². The molecule has 0 spiro atoms. The van der Waals surface area contributed by atoms with E-state index in [1.54, 1.807) is 0 Å². The van der Waals surface area contributed by atoms with E-state index in [0.717, 1.165) is 17.7 Å². The Hall–Kier alpha value is -2.95. The van der Waals surface area contributed by atoms with Gasteiger partial charge in [-0.2, -0.15) is 5.10 Å². The fourth-order valence-corrected chi connectivity index (χ4v) is 5.03. The molecule has 0 radical (unpaired) electrons. The van der Waals surface area contributed by atoms with Crippen LogP contribution in [0.2, 0.25) is 0 Å². The zero-order valence-corrected chi connectivity index (χ0v) is 17.2. The van der Waals surface area contributed by atoms with E-state index in [0.29, 0.717) is 18.7 Å². The predicted octanol–water partition coefficient (Wildman–Crippen LogP) is 4.17. The van der Waals surface area contributed by atoms with Gasteiger partial charge in [0.25, 0.3) is 0 Å². The first kappa shape index (κ1) is 19.4. The molecule has 2 saturated carbocycles. The molecule has 2 aromatic carbocycles. The number of anilines is 1. The molecule has 1 amide bonds. The Balaban J connectivity index is 1.63. The molecule has 0 saturated heterocycles. The minimum atomic E-state index is -1.08. The second kappa shape index (κ2) is 6.83. The Morgan fingerprint density at radius 3 is 2.24 bits per heavy atom. The van der Waals surface area contributed by atoms with Gasteiger partial charge < -0.3 is 5.32 Å². The maximum absolute atomic E-state index is 13.6. The van der Waals surface area contributed by atoms with E-state index >= 15 is 0 Å². The number of ketones is 1. The van der Waals surface area contributed by atoms with Gasteiger partial charge in [-0.1, -0.05) is 69.3 Å². The summed E-state index contributed by atoms with van der Waals surface area (Å²) in [6.45, 7) is 6.54. The number of Topliss-reactive ketones (excluding diaryl/α,β-unsaturated/α-hetero) is 1. The minimum Gasteiger partial charge on any atom is -0.351 e. The molecule has 2 unspecified atom stereocenters. The number of rotatable bonds is 5. The summed E-state index contributed by atoms with van der Waals surface area (Å²) >= 11 is 0. The van der Waals surface area contributed by atoms with Gasteiger partial charge in [-0.05, 0) is 36.0 Å². The van der Waals surface area contributed by atoms with Gasteiger partial charge in [0.1, 0.15) is 11.1 Å². The van der Waals surface area contributed by atoms with Crippen molar-refractivity contribution in [3.8, 4) is 0 Å². The van der Waals surface area contributed by atoms with E-state index in [9.17, 15) is 9.59 Å². The van der Waals surface area contributed by atoms with Gasteiger partial charge in [0.2, 0.25) is 5.91 Å². The smallest absolute Gasteiger partial charge is 0.234 e. The second-order valence-electron chi connectivity index (χ2n) is 8.80. The van der Waals surface area contributed by atoms with Crippen molar-refractivity contribution in [2.75, 3.05) is 5.43 Å². The van der Waals surface area contributed by atoms with Crippen LogP contribution in [0.4, 0.5) is 5.69 Å². The Kier molecular flexibility index (Phi) is 4.56. The quantitative estimate of drug-likeness (QED) is 0.596. The van der Waals surface area contributed by atoms with Crippen LogP contribution in [-0.4, -0.2) is 17.4 Å². The highest BCUT2D eigenvalue weighted by molar-refractivity contribution is 6.50. The zero-order valence-electron chi connectivity index (χ0n) is 17.2. The van der Waals surface area contributed by atoms with Gasteiger partial charge in [-0.25, -0.2) is 0 Å². The van der Waals surface area contributed by atoms with Crippen LogP contribution >= 0.6 is 0 Å². The third-order valence-corrected chi connectivity index (χ3v) is 7.33. The van der Waals surface area contributed by atoms with Crippen LogP contribution in [0.1, 0.15) is 39.2 Å². The lowest BCUT2D eigenvalue weighted by Crippen LogP contribution is -2.50. The molecule has 5 nitrogen and oxygen atoms in total. The zero-order chi connectivity index (χ0) is 20.7. The van der Waals surface area contributed by atoms with E-state index < -0.39 is 16.2 Å². The standard InChI is InChI=1S/C24H27N3O2/c1-22(2)23(3)14-15-24(22,21(29)25-16-17-10-6-4-7-11-17)20(28)19(23)27-26-18-12-8-5-9-13-18/h4-13,26H,14-16H2,1-3H3,(H,25,29)/b27-19+. The number of para-hydroxylation sites is 1. The number of amides is 1. The number of hydrogen-bond donors (Lipinski definition) is 2. The SMILES string of the molecule is CC12CCC(C(=O)NCc3ccccc3)(C(=O)/C1=N\Nc1ccccc1)C2(C)C. The van der Waals surface area contributed by atoms with Gasteiger partial charge in [0.05, 0.1) is 5.69 Å². The van der Waals surface area contributed by atoms with E-state index in [-0.39, 0.29) is 11.7 Å². The third kappa shape index (κ3) is 2.71. The molecule has 0 heterocycles. The highest BCUT2D eigenvalue weighted by Crippen LogP contribution is 2.69. The Labute approximate surface area is 171 Å². The number of fused-ring (bicyclic) bond motifs is 2. The summed E-state index contributed by atoms with van der Waals surface area (Å²) < 4.78 is 0. The van der Waals surface area contributed by atoms with E-state index in [1.165, 1.54) is 0 Å².